The number of nitrogens with two attached hydrogens (primary N) is 1. The van der Waals surface area contributed by atoms with E-state index in [4.69, 9.17) is 10.5 Å². The Morgan fingerprint density at radius 3 is 2.64 bits per heavy atom. The lowest BCUT2D eigenvalue weighted by Gasteiger charge is -2.18. The number of pyridine rings is 1. The van der Waals surface area contributed by atoms with Gasteiger partial charge >= 0.3 is 0 Å². The zero-order chi connectivity index (χ0) is 24.2. The number of nitrogens with zero attached hydrogens (tertiary/aromatic N) is 4. The van der Waals surface area contributed by atoms with E-state index in [1.165, 1.54) is 30.6 Å². The second-order valence-corrected chi connectivity index (χ2v) is 7.52. The summed E-state index contributed by atoms with van der Waals surface area (Å²) >= 11 is 0.198. The Labute approximate surface area is 188 Å². The maximum Gasteiger partial charge on any atom is 0.246 e. The van der Waals surface area contributed by atoms with Crippen LogP contribution in [-0.2, 0) is 0 Å². The molecule has 0 spiro atoms. The normalized spacial score (nSPS) is 11.6. The number of hydrogen-bond acceptors (Lipinski definition) is 9. The number of aromatic nitrogens is 3. The molecule has 0 atom stereocenters. The van der Waals surface area contributed by atoms with Crippen molar-refractivity contribution in [3.8, 4) is 22.9 Å². The van der Waals surface area contributed by atoms with Crippen LogP contribution in [-0.4, -0.2) is 37.1 Å². The number of rotatable bonds is 9. The molecule has 8 nitrogen and oxygen atoms in total. The van der Waals surface area contributed by atoms with Crippen LogP contribution in [0.5, 0.6) is 11.6 Å². The molecule has 0 fully saturated rings. The number of nitrogens with one attached hydrogen (secondary N) is 1. The average molecular weight is 488 g/mol. The SMILES string of the molecule is CC(F)(F)CCN(O)SNc1c(F)cc(Oc2ncccc2-c2ccnc(N)n2)c(F)c1F. The molecule has 176 valence electrons. The first-order valence-corrected chi connectivity index (χ1v) is 9.99. The van der Waals surface area contributed by atoms with E-state index in [0.29, 0.717) is 17.5 Å². The van der Waals surface area contributed by atoms with Crippen LogP contribution in [0.1, 0.15) is 13.3 Å². The van der Waals surface area contributed by atoms with Crippen LogP contribution in [0.3, 0.4) is 0 Å². The molecule has 0 aliphatic heterocycles. The van der Waals surface area contributed by atoms with E-state index in [1.54, 1.807) is 0 Å². The fourth-order valence-electron chi connectivity index (χ4n) is 2.47. The number of nitrogen functional groups attached to an aromatic ring is 1. The molecule has 4 N–H and O–H groups in total. The molecule has 0 aliphatic rings. The van der Waals surface area contributed by atoms with Gasteiger partial charge in [0.05, 0.1) is 23.4 Å². The van der Waals surface area contributed by atoms with Crippen LogP contribution in [0.2, 0.25) is 0 Å². The second kappa shape index (κ2) is 10.1. The first-order chi connectivity index (χ1) is 15.5. The summed E-state index contributed by atoms with van der Waals surface area (Å²) in [5.41, 5.74) is 5.15. The fourth-order valence-corrected chi connectivity index (χ4v) is 3.04. The van der Waals surface area contributed by atoms with Gasteiger partial charge in [-0.25, -0.2) is 32.5 Å². The maximum absolute atomic E-state index is 14.6. The van der Waals surface area contributed by atoms with Crippen molar-refractivity contribution in [1.29, 1.82) is 0 Å². The summed E-state index contributed by atoms with van der Waals surface area (Å²) in [6.45, 7) is 0.128. The predicted octanol–water partition coefficient (Wildman–Crippen LogP) is 5.04. The third-order valence-electron chi connectivity index (χ3n) is 4.05. The lowest BCUT2D eigenvalue weighted by atomic mass is 10.2. The standard InChI is InChI=1S/C19H17F5N6O2S/c1-19(23,24)5-8-30(31)33-29-16-11(20)9-13(14(21)15(16)22)32-17-10(3-2-6-26-17)12-4-7-27-18(25)28-12/h2-4,6-7,9,29,31H,5,8H2,1H3,(H2,25,27,28). The molecule has 0 bridgehead atoms. The van der Waals surface area contributed by atoms with E-state index < -0.39 is 47.8 Å². The molecule has 3 rings (SSSR count). The van der Waals surface area contributed by atoms with E-state index in [2.05, 4.69) is 15.0 Å². The molecule has 2 aromatic heterocycles. The Bertz CT molecular complexity index is 1130. The zero-order valence-corrected chi connectivity index (χ0v) is 17.7. The number of hydroxylamine groups is 1. The van der Waals surface area contributed by atoms with Crippen LogP contribution >= 0.6 is 12.1 Å². The maximum atomic E-state index is 14.6. The van der Waals surface area contributed by atoms with E-state index in [-0.39, 0.29) is 35.2 Å². The Morgan fingerprint density at radius 2 is 1.94 bits per heavy atom. The lowest BCUT2D eigenvalue weighted by Crippen LogP contribution is -2.22. The molecule has 2 heterocycles. The fraction of sp³-hybridized carbons (Fsp3) is 0.211. The second-order valence-electron chi connectivity index (χ2n) is 6.71. The smallest absolute Gasteiger partial charge is 0.246 e. The summed E-state index contributed by atoms with van der Waals surface area (Å²) in [6, 6.07) is 5.11. The van der Waals surface area contributed by atoms with Gasteiger partial charge in [0.1, 0.15) is 5.69 Å². The zero-order valence-electron chi connectivity index (χ0n) is 16.9. The molecule has 0 radical (unpaired) electrons. The van der Waals surface area contributed by atoms with E-state index in [9.17, 15) is 27.2 Å². The lowest BCUT2D eigenvalue weighted by molar-refractivity contribution is -0.0362. The van der Waals surface area contributed by atoms with Crippen molar-refractivity contribution in [3.63, 3.8) is 0 Å². The van der Waals surface area contributed by atoms with Crippen LogP contribution in [0.15, 0.2) is 36.7 Å². The van der Waals surface area contributed by atoms with Gasteiger partial charge in [0.25, 0.3) is 0 Å². The van der Waals surface area contributed by atoms with Gasteiger partial charge in [0.15, 0.2) is 17.4 Å². The highest BCUT2D eigenvalue weighted by Crippen LogP contribution is 2.36. The van der Waals surface area contributed by atoms with Crippen LogP contribution in [0.25, 0.3) is 11.3 Å². The van der Waals surface area contributed by atoms with Gasteiger partial charge in [0, 0.05) is 31.4 Å². The Hall–Kier alpha value is -3.23. The van der Waals surface area contributed by atoms with Crippen molar-refractivity contribution >= 4 is 23.8 Å². The summed E-state index contributed by atoms with van der Waals surface area (Å²) in [4.78, 5) is 11.7. The first kappa shape index (κ1) is 24.4. The van der Waals surface area contributed by atoms with E-state index >= 15 is 0 Å². The number of benzene rings is 1. The number of hydrogen-bond donors (Lipinski definition) is 3. The summed E-state index contributed by atoms with van der Waals surface area (Å²) < 4.78 is 76.9. The van der Waals surface area contributed by atoms with Gasteiger partial charge in [-0.2, -0.15) is 4.39 Å². The molecule has 1 aromatic carbocycles. The summed E-state index contributed by atoms with van der Waals surface area (Å²) in [7, 11) is 0. The highest BCUT2D eigenvalue weighted by Gasteiger charge is 2.24. The minimum Gasteiger partial charge on any atom is -0.435 e. The predicted molar refractivity (Wildman–Crippen MR) is 111 cm³/mol. The van der Waals surface area contributed by atoms with Gasteiger partial charge in [0.2, 0.25) is 23.6 Å². The van der Waals surface area contributed by atoms with Gasteiger partial charge in [-0.3, -0.25) is 0 Å². The van der Waals surface area contributed by atoms with Crippen molar-refractivity contribution < 1.29 is 31.9 Å². The minimum absolute atomic E-state index is 0.0425. The van der Waals surface area contributed by atoms with Crippen molar-refractivity contribution in [2.24, 2.45) is 0 Å². The average Bonchev–Trinajstić information content (AvgIpc) is 2.75. The number of alkyl halides is 2. The minimum atomic E-state index is -3.05. The molecule has 0 unspecified atom stereocenters. The van der Waals surface area contributed by atoms with Crippen LogP contribution in [0.4, 0.5) is 33.6 Å². The van der Waals surface area contributed by atoms with E-state index in [0.717, 1.165) is 0 Å². The highest BCUT2D eigenvalue weighted by atomic mass is 32.2. The number of anilines is 2. The van der Waals surface area contributed by atoms with E-state index in [1.807, 2.05) is 4.72 Å². The van der Waals surface area contributed by atoms with Gasteiger partial charge in [-0.15, -0.1) is 4.47 Å². The van der Waals surface area contributed by atoms with Crippen molar-refractivity contribution in [2.75, 3.05) is 17.0 Å². The molecule has 0 aliphatic carbocycles. The largest absolute Gasteiger partial charge is 0.435 e. The Morgan fingerprint density at radius 1 is 1.18 bits per heavy atom. The Kier molecular flexibility index (Phi) is 7.50. The third kappa shape index (κ3) is 6.40. The van der Waals surface area contributed by atoms with Gasteiger partial charge in [-0.1, -0.05) is 0 Å². The summed E-state index contributed by atoms with van der Waals surface area (Å²) in [5.74, 6) is -8.59. The van der Waals surface area contributed by atoms with Crippen molar-refractivity contribution in [2.45, 2.75) is 19.3 Å². The van der Waals surface area contributed by atoms with Gasteiger partial charge in [-0.05, 0) is 25.1 Å². The molecule has 14 heteroatoms. The monoisotopic (exact) mass is 488 g/mol. The third-order valence-corrected chi connectivity index (χ3v) is 4.74. The topological polar surface area (TPSA) is 109 Å². The molecule has 3 aromatic rings. The number of halogens is 5. The molecule has 0 amide bonds. The molecular weight excluding hydrogens is 471 g/mol. The Balaban J connectivity index is 1.80. The molecule has 33 heavy (non-hydrogen) atoms. The highest BCUT2D eigenvalue weighted by molar-refractivity contribution is 7.98. The van der Waals surface area contributed by atoms with Crippen LogP contribution in [0, 0.1) is 17.5 Å². The molecular formula is C19H17F5N6O2S. The quantitative estimate of drug-likeness (QED) is 0.165. The molecule has 0 saturated carbocycles. The molecule has 0 saturated heterocycles. The van der Waals surface area contributed by atoms with Gasteiger partial charge < -0.3 is 20.4 Å². The first-order valence-electron chi connectivity index (χ1n) is 9.21. The van der Waals surface area contributed by atoms with Crippen molar-refractivity contribution in [3.05, 3.63) is 54.1 Å². The van der Waals surface area contributed by atoms with Crippen molar-refractivity contribution in [1.82, 2.24) is 19.4 Å². The summed E-state index contributed by atoms with van der Waals surface area (Å²) in [5, 5.41) is 9.54. The summed E-state index contributed by atoms with van der Waals surface area (Å²) in [6.07, 6.45) is 1.98. The number of ether oxygens (including phenoxy) is 1. The van der Waals surface area contributed by atoms with Crippen LogP contribution < -0.4 is 15.2 Å².